The van der Waals surface area contributed by atoms with E-state index in [4.69, 9.17) is 9.15 Å². The Morgan fingerprint density at radius 1 is 1.12 bits per heavy atom. The molecule has 0 saturated heterocycles. The van der Waals surface area contributed by atoms with Crippen molar-refractivity contribution >= 4 is 23.2 Å². The minimum Gasteiger partial charge on any atom is -0.467 e. The molecule has 8 nitrogen and oxygen atoms in total. The Morgan fingerprint density at radius 2 is 1.94 bits per heavy atom. The van der Waals surface area contributed by atoms with Crippen LogP contribution in [-0.4, -0.2) is 38.6 Å². The summed E-state index contributed by atoms with van der Waals surface area (Å²) in [6.45, 7) is 3.51. The summed E-state index contributed by atoms with van der Waals surface area (Å²) >= 11 is 0. The van der Waals surface area contributed by atoms with Gasteiger partial charge in [0.25, 0.3) is 5.91 Å². The molecule has 4 heterocycles. The normalized spacial score (nSPS) is 15.6. The average Bonchev–Trinajstić information content (AvgIpc) is 3.56. The van der Waals surface area contributed by atoms with Crippen LogP contribution >= 0.6 is 0 Å². The highest BCUT2D eigenvalue weighted by atomic mass is 16.5. The number of hydrogen-bond acceptors (Lipinski definition) is 6. The van der Waals surface area contributed by atoms with Crippen molar-refractivity contribution < 1.29 is 18.7 Å². The van der Waals surface area contributed by atoms with Gasteiger partial charge in [0.05, 0.1) is 12.0 Å². The molecule has 0 fully saturated rings. The van der Waals surface area contributed by atoms with Crippen LogP contribution in [0.2, 0.25) is 0 Å². The Kier molecular flexibility index (Phi) is 5.26. The quantitative estimate of drug-likeness (QED) is 0.435. The molecule has 1 amide bonds. The lowest BCUT2D eigenvalue weighted by atomic mass is 10.0. The van der Waals surface area contributed by atoms with E-state index in [0.717, 1.165) is 22.4 Å². The number of carbonyl (C=O) groups excluding carboxylic acids is 2. The summed E-state index contributed by atoms with van der Waals surface area (Å²) < 4.78 is 12.6. The van der Waals surface area contributed by atoms with Gasteiger partial charge in [0.2, 0.25) is 0 Å². The third-order valence-corrected chi connectivity index (χ3v) is 5.57. The lowest BCUT2D eigenvalue weighted by molar-refractivity contribution is -0.136. The number of benzene rings is 1. The molecule has 1 atom stereocenters. The van der Waals surface area contributed by atoms with E-state index >= 15 is 0 Å². The van der Waals surface area contributed by atoms with Crippen LogP contribution in [0.25, 0.3) is 5.65 Å². The third kappa shape index (κ3) is 4.15. The molecule has 8 heteroatoms. The fraction of sp³-hybridized carbons (Fsp3) is 0.200. The lowest BCUT2D eigenvalue weighted by Gasteiger charge is -2.19. The Labute approximate surface area is 190 Å². The summed E-state index contributed by atoms with van der Waals surface area (Å²) in [5, 5.41) is 5.89. The molecule has 4 aromatic rings. The molecule has 3 aromatic heterocycles. The molecule has 1 aromatic carbocycles. The molecule has 0 saturated carbocycles. The van der Waals surface area contributed by atoms with E-state index in [1.807, 2.05) is 62.5 Å². The monoisotopic (exact) mass is 442 g/mol. The van der Waals surface area contributed by atoms with E-state index in [9.17, 15) is 9.59 Å². The van der Waals surface area contributed by atoms with E-state index in [1.54, 1.807) is 22.9 Å². The van der Waals surface area contributed by atoms with Crippen LogP contribution in [-0.2, 0) is 9.53 Å². The molecule has 0 radical (unpaired) electrons. The van der Waals surface area contributed by atoms with Crippen molar-refractivity contribution in [2.75, 3.05) is 6.61 Å². The van der Waals surface area contributed by atoms with Gasteiger partial charge in [0, 0.05) is 18.8 Å². The van der Waals surface area contributed by atoms with Gasteiger partial charge in [-0.05, 0) is 49.2 Å². The maximum absolute atomic E-state index is 13.0. The lowest BCUT2D eigenvalue weighted by Crippen LogP contribution is -2.31. The zero-order chi connectivity index (χ0) is 22.9. The Bertz CT molecular complexity index is 1350. The number of ether oxygens (including phenoxy) is 1. The summed E-state index contributed by atoms with van der Waals surface area (Å²) in [7, 11) is 0. The van der Waals surface area contributed by atoms with Crippen molar-refractivity contribution in [2.24, 2.45) is 5.10 Å². The first kappa shape index (κ1) is 20.7. The molecule has 33 heavy (non-hydrogen) atoms. The summed E-state index contributed by atoms with van der Waals surface area (Å²) in [6.07, 6.45) is 5.46. The minimum absolute atomic E-state index is 0.140. The third-order valence-electron chi connectivity index (χ3n) is 5.57. The number of pyridine rings is 1. The fourth-order valence-electron chi connectivity index (χ4n) is 3.81. The van der Waals surface area contributed by atoms with Gasteiger partial charge in [-0.25, -0.2) is 14.8 Å². The maximum atomic E-state index is 13.0. The minimum atomic E-state index is -0.666. The van der Waals surface area contributed by atoms with Gasteiger partial charge < -0.3 is 13.6 Å². The summed E-state index contributed by atoms with van der Waals surface area (Å²) in [5.74, 6) is -0.482. The first-order valence-electron chi connectivity index (χ1n) is 10.6. The number of fused-ring (bicyclic) bond motifs is 1. The van der Waals surface area contributed by atoms with Gasteiger partial charge in [-0.3, -0.25) is 4.79 Å². The van der Waals surface area contributed by atoms with E-state index in [2.05, 4.69) is 10.1 Å². The molecule has 0 bridgehead atoms. The number of nitrogens with zero attached hydrogens (tertiary/aromatic N) is 4. The summed E-state index contributed by atoms with van der Waals surface area (Å²) in [4.78, 5) is 29.8. The smallest absolute Gasteiger partial charge is 0.359 e. The van der Waals surface area contributed by atoms with Crippen LogP contribution in [0.1, 0.15) is 45.4 Å². The number of imidazole rings is 1. The molecule has 1 aliphatic rings. The highest BCUT2D eigenvalue weighted by Crippen LogP contribution is 2.33. The van der Waals surface area contributed by atoms with Crippen molar-refractivity contribution in [1.29, 1.82) is 0 Å². The van der Waals surface area contributed by atoms with Crippen LogP contribution in [0.15, 0.2) is 76.7 Å². The number of hydrogen-bond donors (Lipinski definition) is 0. The van der Waals surface area contributed by atoms with Crippen molar-refractivity contribution in [3.8, 4) is 0 Å². The summed E-state index contributed by atoms with van der Waals surface area (Å²) in [6, 6.07) is 14.9. The predicted molar refractivity (Wildman–Crippen MR) is 121 cm³/mol. The average molecular weight is 442 g/mol. The van der Waals surface area contributed by atoms with Gasteiger partial charge in [-0.2, -0.15) is 5.10 Å². The second-order valence-corrected chi connectivity index (χ2v) is 8.06. The number of hydrazone groups is 1. The molecular weight excluding hydrogens is 420 g/mol. The van der Waals surface area contributed by atoms with Crippen molar-refractivity contribution in [3.63, 3.8) is 0 Å². The van der Waals surface area contributed by atoms with Crippen LogP contribution < -0.4 is 0 Å². The number of esters is 1. The largest absolute Gasteiger partial charge is 0.467 e. The molecule has 1 unspecified atom stereocenters. The molecule has 1 aliphatic heterocycles. The molecule has 0 spiro atoms. The van der Waals surface area contributed by atoms with Gasteiger partial charge in [-0.15, -0.1) is 0 Å². The highest BCUT2D eigenvalue weighted by Gasteiger charge is 2.35. The topological polar surface area (TPSA) is 89.4 Å². The van der Waals surface area contributed by atoms with Gasteiger partial charge >= 0.3 is 5.97 Å². The first-order chi connectivity index (χ1) is 16.0. The number of aromatic nitrogens is 2. The highest BCUT2D eigenvalue weighted by molar-refractivity contribution is 6.03. The zero-order valence-corrected chi connectivity index (χ0v) is 18.3. The SMILES string of the molecule is Cc1ccc(C2=NN(C(=O)COC(=O)c3cn4ccc(C)cc4n3)C(c3ccco3)C2)cc1. The van der Waals surface area contributed by atoms with Gasteiger partial charge in [-0.1, -0.05) is 29.8 Å². The molecule has 0 aliphatic carbocycles. The number of amides is 1. The predicted octanol–water partition coefficient (Wildman–Crippen LogP) is 4.08. The molecule has 5 rings (SSSR count). The van der Waals surface area contributed by atoms with Crippen LogP contribution in [0, 0.1) is 13.8 Å². The standard InChI is InChI=1S/C25H22N4O4/c1-16-5-7-18(8-6-16)19-13-21(22-4-3-11-32-22)29(27-19)24(30)15-33-25(31)20-14-28-10-9-17(2)12-23(28)26-20/h3-12,14,21H,13,15H2,1-2H3. The Balaban J connectivity index is 1.33. The van der Waals surface area contributed by atoms with E-state index in [0.29, 0.717) is 17.8 Å². The number of rotatable bonds is 5. The summed E-state index contributed by atoms with van der Waals surface area (Å²) in [5.41, 5.74) is 4.65. The van der Waals surface area contributed by atoms with Gasteiger partial charge in [0.1, 0.15) is 17.4 Å². The second-order valence-electron chi connectivity index (χ2n) is 8.06. The van der Waals surface area contributed by atoms with Crippen LogP contribution in [0.5, 0.6) is 0 Å². The van der Waals surface area contributed by atoms with Crippen molar-refractivity contribution in [2.45, 2.75) is 26.3 Å². The van der Waals surface area contributed by atoms with Crippen molar-refractivity contribution in [3.05, 3.63) is 95.3 Å². The Morgan fingerprint density at radius 3 is 2.70 bits per heavy atom. The van der Waals surface area contributed by atoms with Crippen molar-refractivity contribution in [1.82, 2.24) is 14.4 Å². The molecular formula is C25H22N4O4. The van der Waals surface area contributed by atoms with Crippen LogP contribution in [0.3, 0.4) is 0 Å². The fourth-order valence-corrected chi connectivity index (χ4v) is 3.81. The molecule has 166 valence electrons. The van der Waals surface area contributed by atoms with Gasteiger partial charge in [0.15, 0.2) is 12.3 Å². The number of furan rings is 1. The first-order valence-corrected chi connectivity index (χ1v) is 10.6. The Hall–Kier alpha value is -4.20. The van der Waals surface area contributed by atoms with E-state index in [-0.39, 0.29) is 5.69 Å². The number of carbonyl (C=O) groups is 2. The number of aryl methyl sites for hydroxylation is 2. The zero-order valence-electron chi connectivity index (χ0n) is 18.3. The molecule has 0 N–H and O–H groups in total. The van der Waals surface area contributed by atoms with Crippen LogP contribution in [0.4, 0.5) is 0 Å². The van der Waals surface area contributed by atoms with E-state index < -0.39 is 24.5 Å². The van der Waals surface area contributed by atoms with E-state index in [1.165, 1.54) is 5.01 Å². The maximum Gasteiger partial charge on any atom is 0.359 e. The second kappa shape index (κ2) is 8.38.